The molecular weight excluding hydrogens is 342 g/mol. The molecule has 0 amide bonds. The summed E-state index contributed by atoms with van der Waals surface area (Å²) in [5, 5.41) is 9.94. The van der Waals surface area contributed by atoms with Crippen LogP contribution in [0.25, 0.3) is 10.9 Å². The highest BCUT2D eigenvalue weighted by Crippen LogP contribution is 2.30. The number of fused-ring (bicyclic) bond motifs is 1. The highest BCUT2D eigenvalue weighted by molar-refractivity contribution is 6.04. The molecule has 1 aromatic heterocycles. The van der Waals surface area contributed by atoms with Gasteiger partial charge in [0.15, 0.2) is 0 Å². The minimum Gasteiger partial charge on any atom is -0.497 e. The van der Waals surface area contributed by atoms with Crippen LogP contribution < -0.4 is 4.74 Å². The maximum atomic E-state index is 12.9. The lowest BCUT2D eigenvalue weighted by atomic mass is 10.1. The Morgan fingerprint density at radius 1 is 1.12 bits per heavy atom. The summed E-state index contributed by atoms with van der Waals surface area (Å²) >= 11 is 0. The Kier molecular flexibility index (Phi) is 5.49. The number of methoxy groups -OCH3 is 1. The SMILES string of the molecule is COc1ccc2c(c1)c(CC(=O)O)c(C)n2C(=O)c1ccccc1.Cl. The lowest BCUT2D eigenvalue weighted by molar-refractivity contribution is -0.136. The first-order valence-corrected chi connectivity index (χ1v) is 7.52. The zero-order valence-corrected chi connectivity index (χ0v) is 14.7. The van der Waals surface area contributed by atoms with Crippen LogP contribution in [-0.2, 0) is 11.2 Å². The number of aliphatic carboxylic acids is 1. The maximum Gasteiger partial charge on any atom is 0.307 e. The Bertz CT molecular complexity index is 931. The zero-order valence-electron chi connectivity index (χ0n) is 13.9. The fourth-order valence-electron chi connectivity index (χ4n) is 2.94. The van der Waals surface area contributed by atoms with Crippen molar-refractivity contribution in [1.29, 1.82) is 0 Å². The average Bonchev–Trinajstić information content (AvgIpc) is 2.86. The van der Waals surface area contributed by atoms with E-state index in [2.05, 4.69) is 0 Å². The topological polar surface area (TPSA) is 68.5 Å². The minimum absolute atomic E-state index is 0. The molecule has 5 nitrogen and oxygen atoms in total. The standard InChI is InChI=1S/C19H17NO4.ClH/c1-12-15(11-18(21)22)16-10-14(24-2)8-9-17(16)20(12)19(23)13-6-4-3-5-7-13;/h3-10H,11H2,1-2H3,(H,21,22);1H. The van der Waals surface area contributed by atoms with E-state index >= 15 is 0 Å². The van der Waals surface area contributed by atoms with E-state index in [1.54, 1.807) is 61.1 Å². The van der Waals surface area contributed by atoms with Gasteiger partial charge in [0.25, 0.3) is 5.91 Å². The summed E-state index contributed by atoms with van der Waals surface area (Å²) in [5.41, 5.74) is 2.49. The second-order valence-corrected chi connectivity index (χ2v) is 5.52. The molecule has 0 bridgehead atoms. The predicted molar refractivity (Wildman–Crippen MR) is 98.0 cm³/mol. The van der Waals surface area contributed by atoms with Crippen molar-refractivity contribution in [1.82, 2.24) is 4.57 Å². The number of aromatic nitrogens is 1. The van der Waals surface area contributed by atoms with Crippen molar-refractivity contribution in [3.05, 3.63) is 65.4 Å². The van der Waals surface area contributed by atoms with E-state index in [-0.39, 0.29) is 24.7 Å². The first-order valence-electron chi connectivity index (χ1n) is 7.52. The van der Waals surface area contributed by atoms with Crippen LogP contribution in [0.4, 0.5) is 0 Å². The molecule has 1 heterocycles. The van der Waals surface area contributed by atoms with Crippen LogP contribution in [0.3, 0.4) is 0 Å². The third kappa shape index (κ3) is 3.37. The van der Waals surface area contributed by atoms with E-state index in [0.717, 1.165) is 5.39 Å². The molecule has 0 saturated heterocycles. The minimum atomic E-state index is -0.938. The van der Waals surface area contributed by atoms with Crippen LogP contribution in [0.5, 0.6) is 5.75 Å². The molecular formula is C19H18ClNO4. The molecule has 3 aromatic rings. The van der Waals surface area contributed by atoms with Crippen LogP contribution in [-0.4, -0.2) is 28.7 Å². The largest absolute Gasteiger partial charge is 0.497 e. The van der Waals surface area contributed by atoms with Crippen molar-refractivity contribution in [2.75, 3.05) is 7.11 Å². The van der Waals surface area contributed by atoms with Crippen molar-refractivity contribution >= 4 is 35.2 Å². The number of rotatable bonds is 4. The van der Waals surface area contributed by atoms with Gasteiger partial charge < -0.3 is 9.84 Å². The van der Waals surface area contributed by atoms with Crippen LogP contribution in [0.15, 0.2) is 48.5 Å². The highest BCUT2D eigenvalue weighted by Gasteiger charge is 2.21. The van der Waals surface area contributed by atoms with Crippen molar-refractivity contribution in [3.63, 3.8) is 0 Å². The van der Waals surface area contributed by atoms with Gasteiger partial charge in [0.05, 0.1) is 19.0 Å². The van der Waals surface area contributed by atoms with Crippen molar-refractivity contribution in [2.24, 2.45) is 0 Å². The summed E-state index contributed by atoms with van der Waals surface area (Å²) < 4.78 is 6.81. The number of nitrogens with zero attached hydrogens (tertiary/aromatic N) is 1. The summed E-state index contributed by atoms with van der Waals surface area (Å²) in [4.78, 5) is 24.2. The van der Waals surface area contributed by atoms with Gasteiger partial charge in [-0.15, -0.1) is 12.4 Å². The number of carboxylic acid groups (broad SMARTS) is 1. The monoisotopic (exact) mass is 359 g/mol. The quantitative estimate of drug-likeness (QED) is 0.771. The van der Waals surface area contributed by atoms with Crippen molar-refractivity contribution in [2.45, 2.75) is 13.3 Å². The van der Waals surface area contributed by atoms with Crippen molar-refractivity contribution in [3.8, 4) is 5.75 Å². The molecule has 6 heteroatoms. The summed E-state index contributed by atoms with van der Waals surface area (Å²) in [7, 11) is 1.55. The van der Waals surface area contributed by atoms with E-state index < -0.39 is 5.97 Å². The second kappa shape index (κ2) is 7.40. The first-order chi connectivity index (χ1) is 11.5. The molecule has 0 atom stereocenters. The fourth-order valence-corrected chi connectivity index (χ4v) is 2.94. The molecule has 0 unspecified atom stereocenters. The van der Waals surface area contributed by atoms with Gasteiger partial charge in [0.2, 0.25) is 0 Å². The summed E-state index contributed by atoms with van der Waals surface area (Å²) in [6.07, 6.45) is -0.148. The Morgan fingerprint density at radius 2 is 1.80 bits per heavy atom. The smallest absolute Gasteiger partial charge is 0.307 e. The zero-order chi connectivity index (χ0) is 17.3. The molecule has 0 radical (unpaired) electrons. The number of hydrogen-bond donors (Lipinski definition) is 1. The average molecular weight is 360 g/mol. The molecule has 3 rings (SSSR count). The van der Waals surface area contributed by atoms with E-state index in [1.165, 1.54) is 0 Å². The van der Waals surface area contributed by atoms with Gasteiger partial charge >= 0.3 is 5.97 Å². The third-order valence-corrected chi connectivity index (χ3v) is 4.09. The number of carbonyl (C=O) groups excluding carboxylic acids is 1. The Balaban J connectivity index is 0.00000225. The second-order valence-electron chi connectivity index (χ2n) is 5.52. The Morgan fingerprint density at radius 3 is 2.40 bits per heavy atom. The predicted octanol–water partition coefficient (Wildman–Crippen LogP) is 3.70. The van der Waals surface area contributed by atoms with Gasteiger partial charge in [0, 0.05) is 16.6 Å². The number of hydrogen-bond acceptors (Lipinski definition) is 3. The van der Waals surface area contributed by atoms with Gasteiger partial charge in [-0.25, -0.2) is 0 Å². The summed E-state index contributed by atoms with van der Waals surface area (Å²) in [5.74, 6) is -0.495. The number of ether oxygens (including phenoxy) is 1. The van der Waals surface area contributed by atoms with E-state index in [4.69, 9.17) is 4.74 Å². The number of benzene rings is 2. The molecule has 0 spiro atoms. The molecule has 25 heavy (non-hydrogen) atoms. The molecule has 1 N–H and O–H groups in total. The first kappa shape index (κ1) is 18.5. The van der Waals surface area contributed by atoms with Crippen molar-refractivity contribution < 1.29 is 19.4 Å². The molecule has 130 valence electrons. The molecule has 0 saturated carbocycles. The molecule has 0 fully saturated rings. The lowest BCUT2D eigenvalue weighted by Gasteiger charge is -2.07. The van der Waals surface area contributed by atoms with E-state index in [0.29, 0.717) is 28.1 Å². The summed E-state index contributed by atoms with van der Waals surface area (Å²) in [6.45, 7) is 1.77. The normalized spacial score (nSPS) is 10.3. The van der Waals surface area contributed by atoms with E-state index in [9.17, 15) is 14.7 Å². The lowest BCUT2D eigenvalue weighted by Crippen LogP contribution is -2.14. The Hall–Kier alpha value is -2.79. The van der Waals surface area contributed by atoms with Gasteiger partial charge in [-0.05, 0) is 42.8 Å². The molecule has 0 aliphatic carbocycles. The van der Waals surface area contributed by atoms with Crippen LogP contribution in [0, 0.1) is 6.92 Å². The number of halogens is 1. The summed E-state index contributed by atoms with van der Waals surface area (Å²) in [6, 6.07) is 14.3. The third-order valence-electron chi connectivity index (χ3n) is 4.09. The van der Waals surface area contributed by atoms with Crippen LogP contribution in [0.2, 0.25) is 0 Å². The van der Waals surface area contributed by atoms with Gasteiger partial charge in [-0.1, -0.05) is 18.2 Å². The van der Waals surface area contributed by atoms with E-state index in [1.807, 2.05) is 6.07 Å². The maximum absolute atomic E-state index is 12.9. The molecule has 0 aliphatic rings. The molecule has 2 aromatic carbocycles. The van der Waals surface area contributed by atoms with Crippen LogP contribution in [0.1, 0.15) is 21.6 Å². The van der Waals surface area contributed by atoms with Gasteiger partial charge in [-0.2, -0.15) is 0 Å². The van der Waals surface area contributed by atoms with Crippen LogP contribution >= 0.6 is 12.4 Å². The Labute approximate surface area is 151 Å². The fraction of sp³-hybridized carbons (Fsp3) is 0.158. The van der Waals surface area contributed by atoms with Gasteiger partial charge in [-0.3, -0.25) is 14.2 Å². The number of carboxylic acids is 1. The van der Waals surface area contributed by atoms with Gasteiger partial charge in [0.1, 0.15) is 5.75 Å². The number of carbonyl (C=O) groups is 2. The highest BCUT2D eigenvalue weighted by atomic mass is 35.5. The molecule has 0 aliphatic heterocycles.